The van der Waals surface area contributed by atoms with Gasteiger partial charge in [-0.2, -0.15) is 5.10 Å². The predicted octanol–water partition coefficient (Wildman–Crippen LogP) is 3.71. The number of hydrogen-bond acceptors (Lipinski definition) is 4. The van der Waals surface area contributed by atoms with Gasteiger partial charge in [-0.25, -0.2) is 0 Å². The van der Waals surface area contributed by atoms with Crippen molar-refractivity contribution >= 4 is 17.5 Å². The SMILES string of the molecule is Cc1nn(Cc2ccccc2Cl)c(C)c1C(=O)NCc1nncn1-c1ccccc1. The quantitative estimate of drug-likeness (QED) is 0.515. The van der Waals surface area contributed by atoms with Gasteiger partial charge in [0.25, 0.3) is 5.91 Å². The molecule has 0 unspecified atom stereocenters. The van der Waals surface area contributed by atoms with Crippen molar-refractivity contribution in [2.75, 3.05) is 0 Å². The summed E-state index contributed by atoms with van der Waals surface area (Å²) in [6.07, 6.45) is 1.63. The van der Waals surface area contributed by atoms with Crippen molar-refractivity contribution in [3.05, 3.63) is 94.3 Å². The van der Waals surface area contributed by atoms with Crippen LogP contribution in [-0.4, -0.2) is 30.5 Å². The average molecular weight is 421 g/mol. The van der Waals surface area contributed by atoms with E-state index >= 15 is 0 Å². The molecule has 0 saturated heterocycles. The Kier molecular flexibility index (Phi) is 5.63. The molecule has 4 rings (SSSR count). The second-order valence-corrected chi connectivity index (χ2v) is 7.34. The predicted molar refractivity (Wildman–Crippen MR) is 115 cm³/mol. The number of carbonyl (C=O) groups excluding carboxylic acids is 1. The summed E-state index contributed by atoms with van der Waals surface area (Å²) < 4.78 is 3.65. The highest BCUT2D eigenvalue weighted by atomic mass is 35.5. The number of nitrogens with one attached hydrogen (secondary N) is 1. The molecule has 0 saturated carbocycles. The van der Waals surface area contributed by atoms with Gasteiger partial charge >= 0.3 is 0 Å². The van der Waals surface area contributed by atoms with Crippen LogP contribution in [0.1, 0.15) is 33.1 Å². The van der Waals surface area contributed by atoms with Crippen LogP contribution in [0.3, 0.4) is 0 Å². The Hall–Kier alpha value is -3.45. The highest BCUT2D eigenvalue weighted by molar-refractivity contribution is 6.31. The summed E-state index contributed by atoms with van der Waals surface area (Å²) in [6, 6.07) is 17.4. The first-order valence-electron chi connectivity index (χ1n) is 9.54. The van der Waals surface area contributed by atoms with Gasteiger partial charge in [0.05, 0.1) is 24.3 Å². The summed E-state index contributed by atoms with van der Waals surface area (Å²) in [4.78, 5) is 12.9. The molecule has 8 heteroatoms. The van der Waals surface area contributed by atoms with Gasteiger partial charge in [-0.1, -0.05) is 48.0 Å². The van der Waals surface area contributed by atoms with Crippen LogP contribution >= 0.6 is 11.6 Å². The topological polar surface area (TPSA) is 77.6 Å². The molecule has 0 aliphatic rings. The number of para-hydroxylation sites is 1. The number of aromatic nitrogens is 5. The van der Waals surface area contributed by atoms with Gasteiger partial charge in [-0.05, 0) is 37.6 Å². The van der Waals surface area contributed by atoms with Crippen LogP contribution in [0.2, 0.25) is 5.02 Å². The van der Waals surface area contributed by atoms with Crippen molar-refractivity contribution in [3.8, 4) is 5.69 Å². The lowest BCUT2D eigenvalue weighted by atomic mass is 10.1. The normalized spacial score (nSPS) is 10.9. The van der Waals surface area contributed by atoms with Gasteiger partial charge < -0.3 is 5.32 Å². The van der Waals surface area contributed by atoms with E-state index in [-0.39, 0.29) is 12.5 Å². The third kappa shape index (κ3) is 3.97. The summed E-state index contributed by atoms with van der Waals surface area (Å²) in [5, 5.41) is 16.3. The lowest BCUT2D eigenvalue weighted by Gasteiger charge is -2.09. The zero-order chi connectivity index (χ0) is 21.1. The van der Waals surface area contributed by atoms with Crippen LogP contribution in [0.25, 0.3) is 5.69 Å². The Morgan fingerprint density at radius 2 is 1.80 bits per heavy atom. The van der Waals surface area contributed by atoms with Gasteiger partial charge in [0.2, 0.25) is 0 Å². The van der Waals surface area contributed by atoms with Crippen LogP contribution in [0.4, 0.5) is 0 Å². The van der Waals surface area contributed by atoms with Gasteiger partial charge in [0, 0.05) is 16.4 Å². The van der Waals surface area contributed by atoms with E-state index in [0.29, 0.717) is 28.6 Å². The van der Waals surface area contributed by atoms with E-state index in [2.05, 4.69) is 20.6 Å². The van der Waals surface area contributed by atoms with Crippen molar-refractivity contribution in [2.24, 2.45) is 0 Å². The fourth-order valence-electron chi connectivity index (χ4n) is 3.40. The minimum absolute atomic E-state index is 0.196. The monoisotopic (exact) mass is 420 g/mol. The largest absolute Gasteiger partial charge is 0.345 e. The van der Waals surface area contributed by atoms with E-state index in [1.165, 1.54) is 0 Å². The Bertz CT molecular complexity index is 1180. The van der Waals surface area contributed by atoms with Crippen LogP contribution in [0, 0.1) is 13.8 Å². The molecule has 2 aromatic heterocycles. The maximum absolute atomic E-state index is 12.9. The number of halogens is 1. The maximum Gasteiger partial charge on any atom is 0.255 e. The van der Waals surface area contributed by atoms with E-state index in [9.17, 15) is 4.79 Å². The molecule has 7 nitrogen and oxygen atoms in total. The molecule has 152 valence electrons. The van der Waals surface area contributed by atoms with Crippen LogP contribution in [0.5, 0.6) is 0 Å². The number of amides is 1. The minimum Gasteiger partial charge on any atom is -0.345 e. The molecule has 30 heavy (non-hydrogen) atoms. The highest BCUT2D eigenvalue weighted by Crippen LogP contribution is 2.19. The van der Waals surface area contributed by atoms with E-state index in [1.807, 2.05) is 73.0 Å². The molecule has 0 radical (unpaired) electrons. The first-order valence-corrected chi connectivity index (χ1v) is 9.92. The Balaban J connectivity index is 1.51. The van der Waals surface area contributed by atoms with Crippen LogP contribution in [0.15, 0.2) is 60.9 Å². The smallest absolute Gasteiger partial charge is 0.255 e. The highest BCUT2D eigenvalue weighted by Gasteiger charge is 2.20. The number of carbonyl (C=O) groups is 1. The molecule has 2 heterocycles. The summed E-state index contributed by atoms with van der Waals surface area (Å²) in [6.45, 7) is 4.47. The standard InChI is InChI=1S/C22H21ClN6O/c1-15-21(16(2)29(27-15)13-17-8-6-7-11-19(17)23)22(30)24-12-20-26-25-14-28(20)18-9-4-3-5-10-18/h3-11,14H,12-13H2,1-2H3,(H,24,30). The Morgan fingerprint density at radius 1 is 1.07 bits per heavy atom. The van der Waals surface area contributed by atoms with Gasteiger partial charge in [0.1, 0.15) is 6.33 Å². The molecule has 0 fully saturated rings. The van der Waals surface area contributed by atoms with E-state index in [1.54, 1.807) is 11.0 Å². The molecule has 0 spiro atoms. The Morgan fingerprint density at radius 3 is 2.57 bits per heavy atom. The second kappa shape index (κ2) is 8.51. The molecular weight excluding hydrogens is 400 g/mol. The third-order valence-corrected chi connectivity index (χ3v) is 5.32. The van der Waals surface area contributed by atoms with Crippen molar-refractivity contribution in [2.45, 2.75) is 26.9 Å². The maximum atomic E-state index is 12.9. The summed E-state index contributed by atoms with van der Waals surface area (Å²) in [5.41, 5.74) is 3.91. The van der Waals surface area contributed by atoms with E-state index < -0.39 is 0 Å². The fraction of sp³-hybridized carbons (Fsp3) is 0.182. The molecular formula is C22H21ClN6O. The van der Waals surface area contributed by atoms with Crippen LogP contribution < -0.4 is 5.32 Å². The number of benzene rings is 2. The molecule has 4 aromatic rings. The first kappa shape index (κ1) is 19.8. The number of rotatable bonds is 6. The molecule has 0 aliphatic heterocycles. The fourth-order valence-corrected chi connectivity index (χ4v) is 3.59. The lowest BCUT2D eigenvalue weighted by molar-refractivity contribution is 0.0948. The number of hydrogen-bond donors (Lipinski definition) is 1. The second-order valence-electron chi connectivity index (χ2n) is 6.93. The number of aryl methyl sites for hydroxylation is 1. The zero-order valence-corrected chi connectivity index (χ0v) is 17.5. The lowest BCUT2D eigenvalue weighted by Crippen LogP contribution is -2.25. The van der Waals surface area contributed by atoms with Crippen molar-refractivity contribution in [3.63, 3.8) is 0 Å². The summed E-state index contributed by atoms with van der Waals surface area (Å²) >= 11 is 6.27. The third-order valence-electron chi connectivity index (χ3n) is 4.95. The molecule has 0 aliphatic carbocycles. The molecule has 2 aromatic carbocycles. The summed E-state index contributed by atoms with van der Waals surface area (Å²) in [7, 11) is 0. The summed E-state index contributed by atoms with van der Waals surface area (Å²) in [5.74, 6) is 0.450. The van der Waals surface area contributed by atoms with Gasteiger partial charge in [-0.3, -0.25) is 14.0 Å². The first-order chi connectivity index (χ1) is 14.5. The molecule has 1 N–H and O–H groups in total. The zero-order valence-electron chi connectivity index (χ0n) is 16.7. The van der Waals surface area contributed by atoms with Crippen LogP contribution in [-0.2, 0) is 13.1 Å². The van der Waals surface area contributed by atoms with Gasteiger partial charge in [-0.15, -0.1) is 10.2 Å². The minimum atomic E-state index is -0.196. The molecule has 0 bridgehead atoms. The van der Waals surface area contributed by atoms with Crippen molar-refractivity contribution in [1.82, 2.24) is 29.9 Å². The average Bonchev–Trinajstić information content (AvgIpc) is 3.33. The van der Waals surface area contributed by atoms with Crippen molar-refractivity contribution < 1.29 is 4.79 Å². The van der Waals surface area contributed by atoms with Crippen molar-refractivity contribution in [1.29, 1.82) is 0 Å². The Labute approximate surface area is 179 Å². The molecule has 0 atom stereocenters. The number of nitrogens with zero attached hydrogens (tertiary/aromatic N) is 5. The van der Waals surface area contributed by atoms with E-state index in [0.717, 1.165) is 16.9 Å². The van der Waals surface area contributed by atoms with Gasteiger partial charge in [0.15, 0.2) is 5.82 Å². The molecule has 1 amide bonds. The van der Waals surface area contributed by atoms with E-state index in [4.69, 9.17) is 11.6 Å².